The number of thiazole rings is 1. The zero-order valence-corrected chi connectivity index (χ0v) is 17.7. The van der Waals surface area contributed by atoms with Gasteiger partial charge >= 0.3 is 0 Å². The predicted octanol–water partition coefficient (Wildman–Crippen LogP) is 4.66. The maximum Gasteiger partial charge on any atom is 0.227 e. The molecule has 1 aliphatic heterocycles. The minimum Gasteiger partial charge on any atom is -0.497 e. The number of hydrogen-bond acceptors (Lipinski definition) is 5. The number of rotatable bonds is 6. The predicted molar refractivity (Wildman–Crippen MR) is 119 cm³/mol. The zero-order chi connectivity index (χ0) is 21.1. The highest BCUT2D eigenvalue weighted by atomic mass is 32.1. The van der Waals surface area contributed by atoms with E-state index in [-0.39, 0.29) is 24.2 Å². The number of aryl methyl sites for hydroxylation is 1. The first-order valence-electron chi connectivity index (χ1n) is 9.84. The summed E-state index contributed by atoms with van der Waals surface area (Å²) in [7, 11) is 1.63. The molecule has 0 aliphatic carbocycles. The third-order valence-corrected chi connectivity index (χ3v) is 6.12. The summed E-state index contributed by atoms with van der Waals surface area (Å²) < 4.78 is 5.19. The van der Waals surface area contributed by atoms with Crippen LogP contribution in [0, 0.1) is 12.8 Å². The normalized spacial score (nSPS) is 15.3. The molecule has 1 aromatic heterocycles. The molecule has 2 N–H and O–H groups in total. The van der Waals surface area contributed by atoms with Crippen molar-refractivity contribution < 1.29 is 14.3 Å². The standard InChI is InChI=1S/C23H23N3O3S/c1-14-21(15-7-10-18(29-2)11-8-15)26-23(30-14)25-20(27)12-9-17-13-16-5-3-4-6-19(16)24-22(17)28/h3-8,10-11,17H,9,12-13H2,1-2H3,(H,24,28)(H,25,26,27)/t17-/m0/s1. The number of anilines is 2. The van der Waals surface area contributed by atoms with E-state index in [4.69, 9.17) is 4.74 Å². The Balaban J connectivity index is 1.36. The highest BCUT2D eigenvalue weighted by Gasteiger charge is 2.26. The summed E-state index contributed by atoms with van der Waals surface area (Å²) in [5, 5.41) is 6.38. The van der Waals surface area contributed by atoms with Gasteiger partial charge < -0.3 is 15.4 Å². The first-order chi connectivity index (χ1) is 14.5. The van der Waals surface area contributed by atoms with Crippen LogP contribution < -0.4 is 15.4 Å². The average Bonchev–Trinajstić information content (AvgIpc) is 3.12. The molecular formula is C23H23N3O3S. The summed E-state index contributed by atoms with van der Waals surface area (Å²) in [6.07, 6.45) is 1.44. The van der Waals surface area contributed by atoms with Crippen LogP contribution >= 0.6 is 11.3 Å². The first-order valence-corrected chi connectivity index (χ1v) is 10.7. The SMILES string of the molecule is COc1ccc(-c2nc(NC(=O)CC[C@H]3Cc4ccccc4NC3=O)sc2C)cc1. The van der Waals surface area contributed by atoms with E-state index >= 15 is 0 Å². The molecule has 2 aromatic carbocycles. The van der Waals surface area contributed by atoms with Crippen molar-refractivity contribution in [2.45, 2.75) is 26.2 Å². The smallest absolute Gasteiger partial charge is 0.227 e. The van der Waals surface area contributed by atoms with Crippen LogP contribution in [0.5, 0.6) is 5.75 Å². The molecule has 0 fully saturated rings. The van der Waals surface area contributed by atoms with Crippen LogP contribution in [0.1, 0.15) is 23.3 Å². The molecule has 6 nitrogen and oxygen atoms in total. The summed E-state index contributed by atoms with van der Waals surface area (Å²) in [5.74, 6) is 0.443. The summed E-state index contributed by atoms with van der Waals surface area (Å²) in [6.45, 7) is 1.98. The fourth-order valence-electron chi connectivity index (χ4n) is 3.60. The maximum absolute atomic E-state index is 12.5. The van der Waals surface area contributed by atoms with Gasteiger partial charge in [-0.15, -0.1) is 11.3 Å². The lowest BCUT2D eigenvalue weighted by atomic mass is 9.89. The Bertz CT molecular complexity index is 1080. The van der Waals surface area contributed by atoms with Crippen molar-refractivity contribution in [2.24, 2.45) is 5.92 Å². The zero-order valence-electron chi connectivity index (χ0n) is 16.9. The molecule has 3 aromatic rings. The number of ether oxygens (including phenoxy) is 1. The van der Waals surface area contributed by atoms with Crippen LogP contribution in [-0.4, -0.2) is 23.9 Å². The van der Waals surface area contributed by atoms with Crippen molar-refractivity contribution in [3.63, 3.8) is 0 Å². The molecule has 1 aliphatic rings. The molecule has 30 heavy (non-hydrogen) atoms. The van der Waals surface area contributed by atoms with E-state index in [0.29, 0.717) is 18.0 Å². The van der Waals surface area contributed by atoms with Crippen molar-refractivity contribution >= 4 is 34.0 Å². The van der Waals surface area contributed by atoms with Crippen LogP contribution in [-0.2, 0) is 16.0 Å². The Morgan fingerprint density at radius 3 is 2.77 bits per heavy atom. The molecule has 154 valence electrons. The Hall–Kier alpha value is -3.19. The molecule has 0 saturated carbocycles. The number of carbonyl (C=O) groups is 2. The second-order valence-electron chi connectivity index (χ2n) is 7.29. The van der Waals surface area contributed by atoms with E-state index in [9.17, 15) is 9.59 Å². The minimum absolute atomic E-state index is 0.0200. The molecule has 0 unspecified atom stereocenters. The number of amides is 2. The van der Waals surface area contributed by atoms with Gasteiger partial charge in [0.1, 0.15) is 5.75 Å². The number of carbonyl (C=O) groups excluding carboxylic acids is 2. The third-order valence-electron chi connectivity index (χ3n) is 5.24. The van der Waals surface area contributed by atoms with Gasteiger partial charge in [0.05, 0.1) is 12.8 Å². The molecule has 2 heterocycles. The topological polar surface area (TPSA) is 80.3 Å². The van der Waals surface area contributed by atoms with Gasteiger partial charge in [0.2, 0.25) is 11.8 Å². The molecule has 0 radical (unpaired) electrons. The lowest BCUT2D eigenvalue weighted by Crippen LogP contribution is -2.30. The number of methoxy groups -OCH3 is 1. The summed E-state index contributed by atoms with van der Waals surface area (Å²) in [5.41, 5.74) is 3.80. The highest BCUT2D eigenvalue weighted by molar-refractivity contribution is 7.16. The van der Waals surface area contributed by atoms with Crippen molar-refractivity contribution in [2.75, 3.05) is 17.7 Å². The van der Waals surface area contributed by atoms with Crippen LogP contribution in [0.2, 0.25) is 0 Å². The fraction of sp³-hybridized carbons (Fsp3) is 0.261. The van der Waals surface area contributed by atoms with E-state index < -0.39 is 0 Å². The summed E-state index contributed by atoms with van der Waals surface area (Å²) in [6, 6.07) is 15.5. The van der Waals surface area contributed by atoms with Crippen LogP contribution in [0.15, 0.2) is 48.5 Å². The van der Waals surface area contributed by atoms with Gasteiger partial charge in [-0.25, -0.2) is 4.98 Å². The summed E-state index contributed by atoms with van der Waals surface area (Å²) in [4.78, 5) is 30.4. The molecule has 2 amide bonds. The Morgan fingerprint density at radius 1 is 1.23 bits per heavy atom. The molecule has 4 rings (SSSR count). The second-order valence-corrected chi connectivity index (χ2v) is 8.49. The summed E-state index contributed by atoms with van der Waals surface area (Å²) >= 11 is 1.45. The van der Waals surface area contributed by atoms with Gasteiger partial charge in [0.25, 0.3) is 0 Å². The lowest BCUT2D eigenvalue weighted by molar-refractivity contribution is -0.121. The first kappa shape index (κ1) is 20.1. The lowest BCUT2D eigenvalue weighted by Gasteiger charge is -2.24. The Labute approximate surface area is 179 Å². The molecule has 0 bridgehead atoms. The van der Waals surface area contributed by atoms with E-state index in [1.807, 2.05) is 55.5 Å². The number of benzene rings is 2. The molecule has 0 saturated heterocycles. The highest BCUT2D eigenvalue weighted by Crippen LogP contribution is 2.32. The van der Waals surface area contributed by atoms with E-state index in [0.717, 1.165) is 33.1 Å². The van der Waals surface area contributed by atoms with Gasteiger partial charge in [-0.2, -0.15) is 0 Å². The number of nitrogens with zero attached hydrogens (tertiary/aromatic N) is 1. The van der Waals surface area contributed by atoms with Crippen molar-refractivity contribution in [1.82, 2.24) is 4.98 Å². The fourth-order valence-corrected chi connectivity index (χ4v) is 4.45. The van der Waals surface area contributed by atoms with Gasteiger partial charge in [-0.05, 0) is 55.7 Å². The minimum atomic E-state index is -0.196. The van der Waals surface area contributed by atoms with Crippen LogP contribution in [0.4, 0.5) is 10.8 Å². The van der Waals surface area contributed by atoms with E-state index in [1.165, 1.54) is 11.3 Å². The van der Waals surface area contributed by atoms with Crippen molar-refractivity contribution in [3.8, 4) is 17.0 Å². The molecule has 0 spiro atoms. The Morgan fingerprint density at radius 2 is 2.00 bits per heavy atom. The van der Waals surface area contributed by atoms with Crippen LogP contribution in [0.25, 0.3) is 11.3 Å². The molecular weight excluding hydrogens is 398 g/mol. The second kappa shape index (κ2) is 8.67. The quantitative estimate of drug-likeness (QED) is 0.607. The number of nitrogens with one attached hydrogen (secondary N) is 2. The number of aromatic nitrogens is 1. The largest absolute Gasteiger partial charge is 0.497 e. The number of hydrogen-bond donors (Lipinski definition) is 2. The number of para-hydroxylation sites is 1. The molecule has 7 heteroatoms. The van der Waals surface area contributed by atoms with Crippen LogP contribution in [0.3, 0.4) is 0 Å². The maximum atomic E-state index is 12.5. The van der Waals surface area contributed by atoms with Gasteiger partial charge in [0.15, 0.2) is 5.13 Å². The van der Waals surface area contributed by atoms with E-state index in [1.54, 1.807) is 7.11 Å². The average molecular weight is 422 g/mol. The third kappa shape index (κ3) is 4.36. The van der Waals surface area contributed by atoms with E-state index in [2.05, 4.69) is 15.6 Å². The van der Waals surface area contributed by atoms with Gasteiger partial charge in [0, 0.05) is 28.5 Å². The monoisotopic (exact) mass is 421 g/mol. The van der Waals surface area contributed by atoms with Gasteiger partial charge in [-0.3, -0.25) is 9.59 Å². The number of fused-ring (bicyclic) bond motifs is 1. The van der Waals surface area contributed by atoms with Gasteiger partial charge in [-0.1, -0.05) is 18.2 Å². The van der Waals surface area contributed by atoms with Crippen molar-refractivity contribution in [3.05, 3.63) is 59.0 Å². The Kier molecular flexibility index (Phi) is 5.81. The molecule has 1 atom stereocenters. The van der Waals surface area contributed by atoms with Crippen molar-refractivity contribution in [1.29, 1.82) is 0 Å².